The topological polar surface area (TPSA) is 63.4 Å². The molecule has 0 radical (unpaired) electrons. The molecule has 6 rings (SSSR count). The van der Waals surface area contributed by atoms with Crippen molar-refractivity contribution in [3.63, 3.8) is 0 Å². The second-order valence-electron chi connectivity index (χ2n) is 7.19. The number of nitro benzene ring substituents is 1. The zero-order valence-electron chi connectivity index (χ0n) is 15.9. The van der Waals surface area contributed by atoms with Gasteiger partial charge in [-0.05, 0) is 55.2 Å². The van der Waals surface area contributed by atoms with Crippen molar-refractivity contribution in [1.82, 2.24) is 0 Å². The second-order valence-corrected chi connectivity index (χ2v) is 7.19. The Morgan fingerprint density at radius 1 is 0.567 bits per heavy atom. The summed E-state index contributed by atoms with van der Waals surface area (Å²) in [6, 6.07) is 31.5. The summed E-state index contributed by atoms with van der Waals surface area (Å²) in [6.07, 6.45) is 0. The number of nitrogens with zero attached hydrogens (tertiary/aromatic N) is 1. The molecule has 30 heavy (non-hydrogen) atoms. The van der Waals surface area contributed by atoms with Crippen LogP contribution in [0, 0.1) is 10.1 Å². The maximum atomic E-state index is 10.0. The van der Waals surface area contributed by atoms with Crippen LogP contribution in [0.2, 0.25) is 0 Å². The fraction of sp³-hybridized carbons (Fsp3) is 0. The van der Waals surface area contributed by atoms with Crippen LogP contribution in [0.5, 0.6) is 5.75 Å². The summed E-state index contributed by atoms with van der Waals surface area (Å²) >= 11 is 0. The van der Waals surface area contributed by atoms with Crippen LogP contribution in [0.1, 0.15) is 0 Å². The molecule has 0 saturated heterocycles. The summed E-state index contributed by atoms with van der Waals surface area (Å²) in [6.45, 7) is 0. The van der Waals surface area contributed by atoms with E-state index in [1.54, 1.807) is 0 Å². The minimum absolute atomic E-state index is 0.0159. The fourth-order valence-corrected chi connectivity index (χ4v) is 4.13. The molecule has 0 aliphatic rings. The first-order valence-electron chi connectivity index (χ1n) is 9.61. The molecule has 0 bridgehead atoms. The standard InChI is InChI=1S/C20H12.C6H5NO3/c1-2-8-16-15(7-1)17-9-3-5-13-11-12-14-6-4-10-18(16)20(14)19(13)17;8-6-3-1-5(2-4-6)7(9)10/h1-12H;1-4,8H. The smallest absolute Gasteiger partial charge is 0.269 e. The Bertz CT molecular complexity index is 1430. The zero-order chi connectivity index (χ0) is 20.7. The predicted octanol–water partition coefficient (Wildman–Crippen LogP) is 7.04. The van der Waals surface area contributed by atoms with E-state index in [0.717, 1.165) is 0 Å². The molecule has 4 heteroatoms. The van der Waals surface area contributed by atoms with Gasteiger partial charge in [0, 0.05) is 12.1 Å². The van der Waals surface area contributed by atoms with Gasteiger partial charge in [0.2, 0.25) is 0 Å². The third-order valence-corrected chi connectivity index (χ3v) is 5.45. The van der Waals surface area contributed by atoms with Crippen LogP contribution in [0.15, 0.2) is 97.1 Å². The molecule has 6 aromatic rings. The number of fused-ring (bicyclic) bond motifs is 3. The monoisotopic (exact) mass is 391 g/mol. The Hall–Kier alpha value is -4.18. The van der Waals surface area contributed by atoms with Crippen molar-refractivity contribution in [2.45, 2.75) is 0 Å². The van der Waals surface area contributed by atoms with Crippen molar-refractivity contribution in [1.29, 1.82) is 0 Å². The summed E-state index contributed by atoms with van der Waals surface area (Å²) in [7, 11) is 0. The highest BCUT2D eigenvalue weighted by atomic mass is 16.6. The van der Waals surface area contributed by atoms with E-state index in [4.69, 9.17) is 5.11 Å². The lowest BCUT2D eigenvalue weighted by atomic mass is 9.89. The highest BCUT2D eigenvalue weighted by Gasteiger charge is 2.11. The molecular weight excluding hydrogens is 374 g/mol. The van der Waals surface area contributed by atoms with Crippen molar-refractivity contribution >= 4 is 48.8 Å². The molecule has 0 aliphatic heterocycles. The summed E-state index contributed by atoms with van der Waals surface area (Å²) in [4.78, 5) is 9.52. The van der Waals surface area contributed by atoms with Gasteiger partial charge in [0.25, 0.3) is 5.69 Å². The number of rotatable bonds is 1. The van der Waals surface area contributed by atoms with Crippen LogP contribution in [-0.2, 0) is 0 Å². The van der Waals surface area contributed by atoms with Gasteiger partial charge in [0.05, 0.1) is 4.92 Å². The number of aromatic hydroxyl groups is 1. The van der Waals surface area contributed by atoms with Gasteiger partial charge in [0.1, 0.15) is 5.75 Å². The molecule has 6 aromatic carbocycles. The summed E-state index contributed by atoms with van der Waals surface area (Å²) < 4.78 is 0. The minimum atomic E-state index is -0.514. The van der Waals surface area contributed by atoms with E-state index < -0.39 is 4.92 Å². The van der Waals surface area contributed by atoms with Gasteiger partial charge in [-0.1, -0.05) is 72.8 Å². The Labute approximate surface area is 172 Å². The van der Waals surface area contributed by atoms with E-state index in [-0.39, 0.29) is 11.4 Å². The first kappa shape index (κ1) is 17.9. The van der Waals surface area contributed by atoms with Crippen molar-refractivity contribution < 1.29 is 10.0 Å². The SMILES string of the molecule is O=[N+]([O-])c1ccc(O)cc1.c1ccc2c(c1)c1cccc3ccc4cccc2c4c31. The van der Waals surface area contributed by atoms with Crippen molar-refractivity contribution in [3.8, 4) is 5.75 Å². The maximum Gasteiger partial charge on any atom is 0.269 e. The molecule has 0 aromatic heterocycles. The maximum absolute atomic E-state index is 10.0. The first-order chi connectivity index (χ1) is 14.6. The van der Waals surface area contributed by atoms with Gasteiger partial charge in [-0.25, -0.2) is 0 Å². The third-order valence-electron chi connectivity index (χ3n) is 5.45. The normalized spacial score (nSPS) is 11.1. The Morgan fingerprint density at radius 3 is 1.50 bits per heavy atom. The lowest BCUT2D eigenvalue weighted by Crippen LogP contribution is -1.86. The van der Waals surface area contributed by atoms with E-state index >= 15 is 0 Å². The molecule has 4 nitrogen and oxygen atoms in total. The largest absolute Gasteiger partial charge is 0.508 e. The first-order valence-corrected chi connectivity index (χ1v) is 9.61. The Kier molecular flexibility index (Phi) is 4.18. The van der Waals surface area contributed by atoms with Gasteiger partial charge in [0.15, 0.2) is 0 Å². The third kappa shape index (κ3) is 2.86. The molecule has 144 valence electrons. The van der Waals surface area contributed by atoms with Crippen LogP contribution < -0.4 is 0 Å². The molecule has 0 atom stereocenters. The predicted molar refractivity (Wildman–Crippen MR) is 122 cm³/mol. The molecule has 0 heterocycles. The van der Waals surface area contributed by atoms with Crippen LogP contribution in [-0.4, -0.2) is 10.0 Å². The van der Waals surface area contributed by atoms with Crippen LogP contribution in [0.3, 0.4) is 0 Å². The lowest BCUT2D eigenvalue weighted by molar-refractivity contribution is -0.384. The van der Waals surface area contributed by atoms with Gasteiger partial charge in [-0.15, -0.1) is 0 Å². The fourth-order valence-electron chi connectivity index (χ4n) is 4.13. The van der Waals surface area contributed by atoms with Gasteiger partial charge < -0.3 is 5.11 Å². The molecule has 1 N–H and O–H groups in total. The molecule has 0 spiro atoms. The average Bonchev–Trinajstić information content (AvgIpc) is 2.79. The molecule has 0 fully saturated rings. The lowest BCUT2D eigenvalue weighted by Gasteiger charge is -2.14. The van der Waals surface area contributed by atoms with Gasteiger partial charge in [-0.3, -0.25) is 10.1 Å². The number of benzene rings is 6. The average molecular weight is 391 g/mol. The highest BCUT2D eigenvalue weighted by Crippen LogP contribution is 2.40. The van der Waals surface area contributed by atoms with E-state index in [2.05, 4.69) is 72.8 Å². The van der Waals surface area contributed by atoms with Gasteiger partial charge >= 0.3 is 0 Å². The van der Waals surface area contributed by atoms with Crippen molar-refractivity contribution in [3.05, 3.63) is 107 Å². The number of phenolic OH excluding ortho intramolecular Hbond substituents is 1. The highest BCUT2D eigenvalue weighted by molar-refractivity contribution is 6.33. The number of hydrogen-bond donors (Lipinski definition) is 1. The number of hydrogen-bond acceptors (Lipinski definition) is 3. The molecule has 0 saturated carbocycles. The van der Waals surface area contributed by atoms with Crippen LogP contribution in [0.4, 0.5) is 5.69 Å². The molecule has 0 amide bonds. The van der Waals surface area contributed by atoms with E-state index in [0.29, 0.717) is 0 Å². The van der Waals surface area contributed by atoms with Crippen LogP contribution >= 0.6 is 0 Å². The summed E-state index contributed by atoms with van der Waals surface area (Å²) in [5.74, 6) is 0.0330. The minimum Gasteiger partial charge on any atom is -0.508 e. The molecule has 0 aliphatic carbocycles. The second kappa shape index (κ2) is 7.01. The number of nitro groups is 1. The van der Waals surface area contributed by atoms with E-state index in [9.17, 15) is 10.1 Å². The zero-order valence-corrected chi connectivity index (χ0v) is 15.9. The van der Waals surface area contributed by atoms with Crippen molar-refractivity contribution in [2.24, 2.45) is 0 Å². The summed E-state index contributed by atoms with van der Waals surface area (Å²) in [5.41, 5.74) is -0.0159. The molecular formula is C26H17NO3. The Balaban J connectivity index is 0.000000164. The van der Waals surface area contributed by atoms with Gasteiger partial charge in [-0.2, -0.15) is 0 Å². The van der Waals surface area contributed by atoms with E-state index in [1.807, 2.05) is 0 Å². The Morgan fingerprint density at radius 2 is 1.03 bits per heavy atom. The quantitative estimate of drug-likeness (QED) is 0.141. The van der Waals surface area contributed by atoms with Crippen molar-refractivity contribution in [2.75, 3.05) is 0 Å². The summed E-state index contributed by atoms with van der Waals surface area (Å²) in [5, 5.41) is 29.6. The van der Waals surface area contributed by atoms with Crippen LogP contribution in [0.25, 0.3) is 43.1 Å². The molecule has 0 unspecified atom stereocenters. The number of phenols is 1. The van der Waals surface area contributed by atoms with E-state index in [1.165, 1.54) is 67.4 Å². The number of non-ortho nitro benzene ring substituents is 1.